The fourth-order valence-corrected chi connectivity index (χ4v) is 3.87. The van der Waals surface area contributed by atoms with Gasteiger partial charge in [-0.3, -0.25) is 0 Å². The zero-order valence-electron chi connectivity index (χ0n) is 11.5. The van der Waals surface area contributed by atoms with E-state index in [2.05, 4.69) is 55.6 Å². The Morgan fingerprint density at radius 1 is 1.20 bits per heavy atom. The Morgan fingerprint density at radius 3 is 2.50 bits per heavy atom. The van der Waals surface area contributed by atoms with Gasteiger partial charge in [0.05, 0.1) is 0 Å². The number of thiazole rings is 1. The predicted octanol–water partition coefficient (Wildman–Crippen LogP) is 3.40. The van der Waals surface area contributed by atoms with Gasteiger partial charge in [-0.05, 0) is 41.9 Å². The highest BCUT2D eigenvalue weighted by Gasteiger charge is 2.31. The monoisotopic (exact) mass is 352 g/mol. The lowest BCUT2D eigenvalue weighted by Crippen LogP contribution is -2.57. The van der Waals surface area contributed by atoms with Gasteiger partial charge in [0, 0.05) is 47.4 Å². The Hall–Kier alpha value is -1.14. The number of hydrogen-bond acceptors (Lipinski definition) is 5. The summed E-state index contributed by atoms with van der Waals surface area (Å²) in [6.45, 7) is 6.45. The van der Waals surface area contributed by atoms with Crippen LogP contribution < -0.4 is 9.80 Å². The third kappa shape index (κ3) is 2.67. The fourth-order valence-electron chi connectivity index (χ4n) is 2.79. The van der Waals surface area contributed by atoms with Crippen LogP contribution in [0.4, 0.5) is 10.9 Å². The molecule has 0 radical (unpaired) electrons. The van der Waals surface area contributed by atoms with Crippen molar-refractivity contribution in [1.29, 1.82) is 0 Å². The molecule has 0 bridgehead atoms. The first-order valence-electron chi connectivity index (χ1n) is 6.69. The first-order chi connectivity index (χ1) is 9.65. The Morgan fingerprint density at radius 2 is 1.95 bits per heavy atom. The molecule has 1 aliphatic heterocycles. The van der Waals surface area contributed by atoms with E-state index < -0.39 is 0 Å². The van der Waals surface area contributed by atoms with Gasteiger partial charge in [-0.15, -0.1) is 11.3 Å². The van der Waals surface area contributed by atoms with Crippen LogP contribution in [0.5, 0.6) is 0 Å². The van der Waals surface area contributed by atoms with Crippen LogP contribution >= 0.6 is 27.3 Å². The minimum Gasteiger partial charge on any atom is -0.353 e. The smallest absolute Gasteiger partial charge is 0.185 e. The van der Waals surface area contributed by atoms with Gasteiger partial charge in [-0.25, -0.2) is 9.97 Å². The van der Waals surface area contributed by atoms with Crippen LogP contribution in [0.25, 0.3) is 0 Å². The topological polar surface area (TPSA) is 32.3 Å². The summed E-state index contributed by atoms with van der Waals surface area (Å²) in [5, 5.41) is 3.16. The van der Waals surface area contributed by atoms with E-state index in [-0.39, 0.29) is 0 Å². The van der Waals surface area contributed by atoms with Crippen molar-refractivity contribution in [1.82, 2.24) is 9.97 Å². The summed E-state index contributed by atoms with van der Waals surface area (Å²) in [6, 6.07) is 4.97. The molecule has 0 saturated carbocycles. The van der Waals surface area contributed by atoms with Crippen molar-refractivity contribution in [2.75, 3.05) is 22.9 Å². The first-order valence-corrected chi connectivity index (χ1v) is 8.37. The highest BCUT2D eigenvalue weighted by molar-refractivity contribution is 9.10. The van der Waals surface area contributed by atoms with Gasteiger partial charge in [-0.2, -0.15) is 0 Å². The molecular weight excluding hydrogens is 336 g/mol. The summed E-state index contributed by atoms with van der Waals surface area (Å²) in [5.74, 6) is 1.05. The summed E-state index contributed by atoms with van der Waals surface area (Å²) in [4.78, 5) is 13.7. The van der Waals surface area contributed by atoms with Crippen LogP contribution in [0.15, 0.2) is 34.4 Å². The molecular formula is C14H17BrN4S. The van der Waals surface area contributed by atoms with Crippen molar-refractivity contribution in [2.45, 2.75) is 25.9 Å². The van der Waals surface area contributed by atoms with E-state index in [1.54, 1.807) is 11.3 Å². The Kier molecular flexibility index (Phi) is 3.94. The zero-order valence-corrected chi connectivity index (χ0v) is 13.9. The normalized spacial score (nSPS) is 23.1. The third-order valence-corrected chi connectivity index (χ3v) is 4.85. The molecule has 106 valence electrons. The standard InChI is InChI=1S/C14H17BrN4S/c1-10-8-18(13-4-3-12(15)7-17-13)9-11(2)19(10)14-16-5-6-20-14/h3-7,10-11H,8-9H2,1-2H3. The molecule has 0 spiro atoms. The van der Waals surface area contributed by atoms with Crippen LogP contribution in [0, 0.1) is 0 Å². The lowest BCUT2D eigenvalue weighted by atomic mass is 10.1. The molecule has 2 aromatic heterocycles. The van der Waals surface area contributed by atoms with Gasteiger partial charge in [-0.1, -0.05) is 0 Å². The molecule has 6 heteroatoms. The van der Waals surface area contributed by atoms with E-state index >= 15 is 0 Å². The highest BCUT2D eigenvalue weighted by Crippen LogP contribution is 2.28. The SMILES string of the molecule is CC1CN(c2ccc(Br)cn2)CC(C)N1c1nccs1. The Balaban J connectivity index is 1.79. The first kappa shape index (κ1) is 13.8. The molecule has 2 unspecified atom stereocenters. The van der Waals surface area contributed by atoms with Gasteiger partial charge < -0.3 is 9.80 Å². The number of pyridine rings is 1. The molecule has 3 heterocycles. The van der Waals surface area contributed by atoms with E-state index in [9.17, 15) is 0 Å². The molecule has 4 nitrogen and oxygen atoms in total. The summed E-state index contributed by atoms with van der Waals surface area (Å²) in [7, 11) is 0. The van der Waals surface area contributed by atoms with E-state index in [1.807, 2.05) is 23.8 Å². The van der Waals surface area contributed by atoms with Crippen LogP contribution in [-0.2, 0) is 0 Å². The van der Waals surface area contributed by atoms with Gasteiger partial charge in [0.2, 0.25) is 0 Å². The van der Waals surface area contributed by atoms with Crippen molar-refractivity contribution in [3.05, 3.63) is 34.4 Å². The summed E-state index contributed by atoms with van der Waals surface area (Å²) < 4.78 is 1.02. The van der Waals surface area contributed by atoms with Gasteiger partial charge in [0.25, 0.3) is 0 Å². The number of aromatic nitrogens is 2. The van der Waals surface area contributed by atoms with E-state index in [1.165, 1.54) is 0 Å². The molecule has 20 heavy (non-hydrogen) atoms. The Bertz CT molecular complexity index is 545. The molecule has 0 amide bonds. The maximum atomic E-state index is 4.51. The maximum absolute atomic E-state index is 4.51. The molecule has 1 fully saturated rings. The molecule has 1 aliphatic rings. The van der Waals surface area contributed by atoms with Crippen molar-refractivity contribution >= 4 is 38.2 Å². The summed E-state index contributed by atoms with van der Waals surface area (Å²) >= 11 is 5.14. The largest absolute Gasteiger partial charge is 0.353 e. The van der Waals surface area contributed by atoms with Crippen LogP contribution in [0.2, 0.25) is 0 Å². The number of halogens is 1. The van der Waals surface area contributed by atoms with E-state index in [0.29, 0.717) is 12.1 Å². The van der Waals surface area contributed by atoms with E-state index in [0.717, 1.165) is 28.5 Å². The number of nitrogens with zero attached hydrogens (tertiary/aromatic N) is 4. The highest BCUT2D eigenvalue weighted by atomic mass is 79.9. The number of piperazine rings is 1. The molecule has 3 rings (SSSR count). The number of rotatable bonds is 2. The van der Waals surface area contributed by atoms with Crippen molar-refractivity contribution in [3.8, 4) is 0 Å². The quantitative estimate of drug-likeness (QED) is 0.828. The van der Waals surface area contributed by atoms with E-state index in [4.69, 9.17) is 0 Å². The lowest BCUT2D eigenvalue weighted by Gasteiger charge is -2.44. The Labute approximate surface area is 131 Å². The molecule has 1 saturated heterocycles. The number of anilines is 2. The second-order valence-corrected chi connectivity index (χ2v) is 6.95. The van der Waals surface area contributed by atoms with Crippen molar-refractivity contribution in [2.24, 2.45) is 0 Å². The predicted molar refractivity (Wildman–Crippen MR) is 87.7 cm³/mol. The average molecular weight is 353 g/mol. The molecule has 2 aromatic rings. The average Bonchev–Trinajstić information content (AvgIpc) is 2.92. The second kappa shape index (κ2) is 5.69. The van der Waals surface area contributed by atoms with Gasteiger partial charge in [0.15, 0.2) is 5.13 Å². The van der Waals surface area contributed by atoms with Gasteiger partial charge >= 0.3 is 0 Å². The maximum Gasteiger partial charge on any atom is 0.185 e. The van der Waals surface area contributed by atoms with Crippen molar-refractivity contribution in [3.63, 3.8) is 0 Å². The molecule has 0 N–H and O–H groups in total. The zero-order chi connectivity index (χ0) is 14.1. The van der Waals surface area contributed by atoms with Crippen LogP contribution in [0.3, 0.4) is 0 Å². The minimum absolute atomic E-state index is 0.426. The van der Waals surface area contributed by atoms with Crippen molar-refractivity contribution < 1.29 is 0 Å². The van der Waals surface area contributed by atoms with Gasteiger partial charge in [0.1, 0.15) is 5.82 Å². The summed E-state index contributed by atoms with van der Waals surface area (Å²) in [5.41, 5.74) is 0. The summed E-state index contributed by atoms with van der Waals surface area (Å²) in [6.07, 6.45) is 3.74. The number of hydrogen-bond donors (Lipinski definition) is 0. The molecule has 2 atom stereocenters. The van der Waals surface area contributed by atoms with Crippen LogP contribution in [-0.4, -0.2) is 35.1 Å². The fraction of sp³-hybridized carbons (Fsp3) is 0.429. The molecule has 0 aliphatic carbocycles. The second-order valence-electron chi connectivity index (χ2n) is 5.16. The van der Waals surface area contributed by atoms with Crippen LogP contribution in [0.1, 0.15) is 13.8 Å². The molecule has 0 aromatic carbocycles. The third-order valence-electron chi connectivity index (χ3n) is 3.59. The minimum atomic E-state index is 0.426. The lowest BCUT2D eigenvalue weighted by molar-refractivity contribution is 0.472.